The minimum Gasteiger partial charge on any atom is -0.491 e. The van der Waals surface area contributed by atoms with Crippen molar-refractivity contribution in [2.75, 3.05) is 6.61 Å². The number of pyridine rings is 1. The van der Waals surface area contributed by atoms with Gasteiger partial charge in [-0.3, -0.25) is 4.98 Å². The number of aliphatic hydroxyl groups is 1. The van der Waals surface area contributed by atoms with Crippen LogP contribution in [-0.4, -0.2) is 16.7 Å². The maximum absolute atomic E-state index is 8.90. The van der Waals surface area contributed by atoms with Gasteiger partial charge in [0.15, 0.2) is 0 Å². The van der Waals surface area contributed by atoms with E-state index in [1.165, 1.54) is 11.1 Å². The molecule has 1 atom stereocenters. The quantitative estimate of drug-likeness (QED) is 0.893. The van der Waals surface area contributed by atoms with Crippen molar-refractivity contribution in [3.05, 3.63) is 59.4 Å². The molecule has 0 aliphatic heterocycles. The fourth-order valence-electron chi connectivity index (χ4n) is 2.30. The van der Waals surface area contributed by atoms with E-state index in [-0.39, 0.29) is 6.61 Å². The summed E-state index contributed by atoms with van der Waals surface area (Å²) in [6.07, 6.45) is 2.76. The molecule has 1 unspecified atom stereocenters. The molecule has 3 heteroatoms. The Balaban J connectivity index is 1.59. The van der Waals surface area contributed by atoms with E-state index in [4.69, 9.17) is 9.84 Å². The molecule has 2 aromatic rings. The largest absolute Gasteiger partial charge is 0.491 e. The van der Waals surface area contributed by atoms with Crippen LogP contribution in [0.25, 0.3) is 0 Å². The highest BCUT2D eigenvalue weighted by atomic mass is 16.5. The van der Waals surface area contributed by atoms with E-state index >= 15 is 0 Å². The van der Waals surface area contributed by atoms with Crippen LogP contribution >= 0.6 is 0 Å². The Morgan fingerprint density at radius 1 is 1.22 bits per heavy atom. The molecule has 1 N–H and O–H groups in total. The normalized spacial score (nSPS) is 16.8. The number of rotatable bonds is 4. The van der Waals surface area contributed by atoms with Crippen LogP contribution in [0.5, 0.6) is 5.75 Å². The van der Waals surface area contributed by atoms with Crippen LogP contribution < -0.4 is 4.74 Å². The molecule has 1 heterocycles. The van der Waals surface area contributed by atoms with E-state index in [9.17, 15) is 0 Å². The van der Waals surface area contributed by atoms with Crippen LogP contribution in [0, 0.1) is 0 Å². The second kappa shape index (κ2) is 4.78. The molecule has 0 bridgehead atoms. The third kappa shape index (κ3) is 2.09. The lowest BCUT2D eigenvalue weighted by molar-refractivity contribution is 0.268. The maximum Gasteiger partial charge on any atom is 0.137 e. The number of fused-ring (bicyclic) bond motifs is 1. The Kier molecular flexibility index (Phi) is 2.99. The van der Waals surface area contributed by atoms with Crippen molar-refractivity contribution in [2.24, 2.45) is 0 Å². The molecule has 92 valence electrons. The molecular formula is C15H15NO2. The number of nitrogens with zero attached hydrogens (tertiary/aromatic N) is 1. The first kappa shape index (κ1) is 11.2. The summed E-state index contributed by atoms with van der Waals surface area (Å²) < 4.78 is 5.72. The summed E-state index contributed by atoms with van der Waals surface area (Å²) in [5, 5.41) is 8.90. The van der Waals surface area contributed by atoms with Crippen LogP contribution in [0.15, 0.2) is 42.6 Å². The molecule has 1 aliphatic rings. The number of hydrogen-bond acceptors (Lipinski definition) is 3. The third-order valence-corrected chi connectivity index (χ3v) is 3.37. The first-order chi connectivity index (χ1) is 8.86. The molecular weight excluding hydrogens is 226 g/mol. The summed E-state index contributed by atoms with van der Waals surface area (Å²) in [5.74, 6) is 1.26. The number of hydrogen-bond donors (Lipinski definition) is 1. The lowest BCUT2D eigenvalue weighted by Crippen LogP contribution is -2.23. The van der Waals surface area contributed by atoms with E-state index in [1.54, 1.807) is 12.3 Å². The zero-order chi connectivity index (χ0) is 12.4. The number of benzene rings is 1. The Hall–Kier alpha value is -1.87. The summed E-state index contributed by atoms with van der Waals surface area (Å²) in [6.45, 7) is 0.660. The van der Waals surface area contributed by atoms with Crippen LogP contribution in [0.3, 0.4) is 0 Å². The van der Waals surface area contributed by atoms with Gasteiger partial charge < -0.3 is 9.84 Å². The second-order valence-electron chi connectivity index (χ2n) is 4.55. The van der Waals surface area contributed by atoms with E-state index < -0.39 is 0 Å². The summed E-state index contributed by atoms with van der Waals surface area (Å²) in [6, 6.07) is 12.1. The summed E-state index contributed by atoms with van der Waals surface area (Å²) in [5.41, 5.74) is 3.49. The highest BCUT2D eigenvalue weighted by Gasteiger charge is 2.25. The van der Waals surface area contributed by atoms with Gasteiger partial charge in [0.2, 0.25) is 0 Å². The van der Waals surface area contributed by atoms with E-state index in [1.807, 2.05) is 6.07 Å². The SMILES string of the molecule is OCc1ccc(OCC2Cc3ccccc32)cn1. The van der Waals surface area contributed by atoms with Gasteiger partial charge in [0.25, 0.3) is 0 Å². The van der Waals surface area contributed by atoms with Gasteiger partial charge in [-0.1, -0.05) is 24.3 Å². The monoisotopic (exact) mass is 241 g/mol. The van der Waals surface area contributed by atoms with Gasteiger partial charge in [0.1, 0.15) is 5.75 Å². The number of aromatic nitrogens is 1. The molecule has 1 aliphatic carbocycles. The minimum absolute atomic E-state index is 0.0315. The zero-order valence-electron chi connectivity index (χ0n) is 10.0. The lowest BCUT2D eigenvalue weighted by atomic mass is 9.78. The molecule has 0 spiro atoms. The molecule has 18 heavy (non-hydrogen) atoms. The van der Waals surface area contributed by atoms with Crippen LogP contribution in [0.4, 0.5) is 0 Å². The smallest absolute Gasteiger partial charge is 0.137 e. The summed E-state index contributed by atoms with van der Waals surface area (Å²) >= 11 is 0. The predicted octanol–water partition coefficient (Wildman–Crippen LogP) is 2.29. The summed E-state index contributed by atoms with van der Waals surface area (Å²) in [7, 11) is 0. The van der Waals surface area contributed by atoms with E-state index in [0.717, 1.165) is 12.2 Å². The van der Waals surface area contributed by atoms with Crippen molar-refractivity contribution in [2.45, 2.75) is 18.9 Å². The Labute approximate surface area is 106 Å². The van der Waals surface area contributed by atoms with Crippen molar-refractivity contribution in [3.8, 4) is 5.75 Å². The molecule has 0 amide bonds. The van der Waals surface area contributed by atoms with Crippen molar-refractivity contribution in [1.29, 1.82) is 0 Å². The number of aliphatic hydroxyl groups excluding tert-OH is 1. The van der Waals surface area contributed by atoms with E-state index in [0.29, 0.717) is 18.2 Å². The molecule has 0 radical (unpaired) electrons. The van der Waals surface area contributed by atoms with Crippen molar-refractivity contribution in [3.63, 3.8) is 0 Å². The van der Waals surface area contributed by atoms with Gasteiger partial charge in [-0.25, -0.2) is 0 Å². The lowest BCUT2D eigenvalue weighted by Gasteiger charge is -2.29. The second-order valence-corrected chi connectivity index (χ2v) is 4.55. The van der Waals surface area contributed by atoms with Gasteiger partial charge in [0.05, 0.1) is 25.1 Å². The van der Waals surface area contributed by atoms with Gasteiger partial charge in [0, 0.05) is 5.92 Å². The van der Waals surface area contributed by atoms with Crippen LogP contribution in [0.1, 0.15) is 22.7 Å². The first-order valence-corrected chi connectivity index (χ1v) is 6.13. The third-order valence-electron chi connectivity index (χ3n) is 3.37. The topological polar surface area (TPSA) is 42.4 Å². The molecule has 0 saturated carbocycles. The highest BCUT2D eigenvalue weighted by Crippen LogP contribution is 2.34. The first-order valence-electron chi connectivity index (χ1n) is 6.13. The van der Waals surface area contributed by atoms with Crippen molar-refractivity contribution >= 4 is 0 Å². The van der Waals surface area contributed by atoms with Gasteiger partial charge in [-0.05, 0) is 29.7 Å². The van der Waals surface area contributed by atoms with E-state index in [2.05, 4.69) is 29.2 Å². The molecule has 3 nitrogen and oxygen atoms in total. The Morgan fingerprint density at radius 2 is 2.11 bits per heavy atom. The Morgan fingerprint density at radius 3 is 2.83 bits per heavy atom. The summed E-state index contributed by atoms with van der Waals surface area (Å²) in [4.78, 5) is 4.09. The fraction of sp³-hybridized carbons (Fsp3) is 0.267. The van der Waals surface area contributed by atoms with Crippen LogP contribution in [0.2, 0.25) is 0 Å². The van der Waals surface area contributed by atoms with Gasteiger partial charge >= 0.3 is 0 Å². The van der Waals surface area contributed by atoms with Crippen molar-refractivity contribution < 1.29 is 9.84 Å². The standard InChI is InChI=1S/C15H15NO2/c17-9-13-5-6-14(8-16-13)18-10-12-7-11-3-1-2-4-15(11)12/h1-6,8,12,17H,7,9-10H2. The average Bonchev–Trinajstić information content (AvgIpc) is 2.40. The molecule has 0 saturated heterocycles. The fourth-order valence-corrected chi connectivity index (χ4v) is 2.30. The van der Waals surface area contributed by atoms with Crippen molar-refractivity contribution in [1.82, 2.24) is 4.98 Å². The Bertz CT molecular complexity index is 536. The predicted molar refractivity (Wildman–Crippen MR) is 68.5 cm³/mol. The average molecular weight is 241 g/mol. The molecule has 1 aromatic carbocycles. The molecule has 3 rings (SSSR count). The van der Waals surface area contributed by atoms with Gasteiger partial charge in [-0.15, -0.1) is 0 Å². The molecule has 0 fully saturated rings. The highest BCUT2D eigenvalue weighted by molar-refractivity contribution is 5.40. The minimum atomic E-state index is -0.0315. The van der Waals surface area contributed by atoms with Crippen LogP contribution in [-0.2, 0) is 13.0 Å². The molecule has 1 aromatic heterocycles. The number of ether oxygens (including phenoxy) is 1. The van der Waals surface area contributed by atoms with Gasteiger partial charge in [-0.2, -0.15) is 0 Å². The maximum atomic E-state index is 8.90. The zero-order valence-corrected chi connectivity index (χ0v) is 10.0.